The van der Waals surface area contributed by atoms with Crippen LogP contribution in [-0.4, -0.2) is 41.1 Å². The summed E-state index contributed by atoms with van der Waals surface area (Å²) in [5, 5.41) is 15.7. The van der Waals surface area contributed by atoms with Gasteiger partial charge in [0.15, 0.2) is 15.8 Å². The molecular formula is C20H19ClN4O3S2. The number of rotatable bonds is 7. The number of nitrogens with one attached hydrogen (secondary N) is 2. The predicted octanol–water partition coefficient (Wildman–Crippen LogP) is 4.29. The van der Waals surface area contributed by atoms with Gasteiger partial charge in [-0.25, -0.2) is 0 Å². The summed E-state index contributed by atoms with van der Waals surface area (Å²) in [4.78, 5) is 12.2. The molecule has 1 atom stereocenters. The molecule has 156 valence electrons. The van der Waals surface area contributed by atoms with Crippen molar-refractivity contribution in [3.05, 3.63) is 53.1 Å². The third-order valence-corrected chi connectivity index (χ3v) is 6.72. The average molecular weight is 463 g/mol. The second-order valence-corrected chi connectivity index (χ2v) is 9.11. The number of fused-ring (bicyclic) bond motifs is 1. The molecule has 1 amide bonds. The van der Waals surface area contributed by atoms with Crippen LogP contribution in [0.1, 0.15) is 5.56 Å². The van der Waals surface area contributed by atoms with Crippen molar-refractivity contribution in [2.45, 2.75) is 17.4 Å². The van der Waals surface area contributed by atoms with Gasteiger partial charge >= 0.3 is 0 Å². The number of anilines is 2. The number of halogens is 1. The molecule has 2 N–H and O–H groups in total. The van der Waals surface area contributed by atoms with Gasteiger partial charge in [-0.1, -0.05) is 52.9 Å². The van der Waals surface area contributed by atoms with Crippen molar-refractivity contribution < 1.29 is 14.3 Å². The Labute approximate surface area is 187 Å². The molecule has 0 bridgehead atoms. The highest BCUT2D eigenvalue weighted by Gasteiger charge is 2.21. The maximum Gasteiger partial charge on any atom is 0.230 e. The van der Waals surface area contributed by atoms with Crippen LogP contribution in [0.3, 0.4) is 0 Å². The van der Waals surface area contributed by atoms with Gasteiger partial charge in [0.1, 0.15) is 12.7 Å². The van der Waals surface area contributed by atoms with Gasteiger partial charge in [0, 0.05) is 10.7 Å². The van der Waals surface area contributed by atoms with Gasteiger partial charge in [0.05, 0.1) is 12.3 Å². The number of para-hydroxylation sites is 2. The molecule has 0 saturated carbocycles. The van der Waals surface area contributed by atoms with Crippen LogP contribution in [0.2, 0.25) is 5.02 Å². The largest absolute Gasteiger partial charge is 0.486 e. The summed E-state index contributed by atoms with van der Waals surface area (Å²) in [5.74, 6) is 1.57. The standard InChI is InChI=1S/C20H19ClN4O3S2/c1-12-14(21)5-4-6-15(12)23-19-24-25-20(30-19)29-11-18(26)22-9-13-10-27-16-7-2-3-8-17(16)28-13/h2-8,13H,9-11H2,1H3,(H,22,26)(H,23,24)/t13-/m1/s1. The lowest BCUT2D eigenvalue weighted by Gasteiger charge is -2.26. The van der Waals surface area contributed by atoms with Gasteiger partial charge in [0.2, 0.25) is 11.0 Å². The summed E-state index contributed by atoms with van der Waals surface area (Å²) in [6.45, 7) is 2.72. The Balaban J connectivity index is 1.22. The highest BCUT2D eigenvalue weighted by molar-refractivity contribution is 8.01. The minimum absolute atomic E-state index is 0.0992. The lowest BCUT2D eigenvalue weighted by molar-refractivity contribution is -0.119. The fourth-order valence-electron chi connectivity index (χ4n) is 2.75. The Morgan fingerprint density at radius 2 is 2.07 bits per heavy atom. The summed E-state index contributed by atoms with van der Waals surface area (Å²) >= 11 is 8.86. The molecule has 0 fully saturated rings. The highest BCUT2D eigenvalue weighted by atomic mass is 35.5. The molecule has 3 aromatic rings. The number of nitrogens with zero attached hydrogens (tertiary/aromatic N) is 2. The first-order valence-corrected chi connectivity index (χ1v) is 11.4. The lowest BCUT2D eigenvalue weighted by Crippen LogP contribution is -2.41. The monoisotopic (exact) mass is 462 g/mol. The zero-order valence-electron chi connectivity index (χ0n) is 16.1. The van der Waals surface area contributed by atoms with Gasteiger partial charge in [-0.15, -0.1) is 10.2 Å². The summed E-state index contributed by atoms with van der Waals surface area (Å²) in [5.41, 5.74) is 1.82. The number of ether oxygens (including phenoxy) is 2. The number of hydrogen-bond acceptors (Lipinski definition) is 8. The zero-order chi connectivity index (χ0) is 20.9. The first-order chi connectivity index (χ1) is 14.6. The van der Waals surface area contributed by atoms with Crippen molar-refractivity contribution in [1.29, 1.82) is 0 Å². The van der Waals surface area contributed by atoms with E-state index in [0.717, 1.165) is 17.0 Å². The minimum Gasteiger partial charge on any atom is -0.486 e. The molecule has 7 nitrogen and oxygen atoms in total. The molecule has 1 aliphatic rings. The molecule has 0 spiro atoms. The molecule has 4 rings (SSSR count). The normalized spacial score (nSPS) is 14.9. The van der Waals surface area contributed by atoms with E-state index >= 15 is 0 Å². The summed E-state index contributed by atoms with van der Waals surface area (Å²) in [7, 11) is 0. The maximum absolute atomic E-state index is 12.2. The van der Waals surface area contributed by atoms with Crippen LogP contribution in [-0.2, 0) is 4.79 Å². The molecule has 0 aliphatic carbocycles. The van der Waals surface area contributed by atoms with Crippen molar-refractivity contribution >= 4 is 51.4 Å². The Hall–Kier alpha value is -2.49. The number of carbonyl (C=O) groups excluding carboxylic acids is 1. The molecule has 0 unspecified atom stereocenters. The molecule has 0 saturated heterocycles. The Morgan fingerprint density at radius 1 is 1.23 bits per heavy atom. The number of benzene rings is 2. The van der Waals surface area contributed by atoms with Gasteiger partial charge in [-0.2, -0.15) is 0 Å². The van der Waals surface area contributed by atoms with Crippen LogP contribution in [0.4, 0.5) is 10.8 Å². The average Bonchev–Trinajstić information content (AvgIpc) is 3.21. The first-order valence-electron chi connectivity index (χ1n) is 9.22. The van der Waals surface area contributed by atoms with Crippen LogP contribution in [0.15, 0.2) is 46.8 Å². The highest BCUT2D eigenvalue weighted by Crippen LogP contribution is 2.31. The van der Waals surface area contributed by atoms with E-state index in [-0.39, 0.29) is 17.8 Å². The van der Waals surface area contributed by atoms with E-state index in [1.807, 2.05) is 49.4 Å². The van der Waals surface area contributed by atoms with Gasteiger partial charge < -0.3 is 20.1 Å². The molecule has 30 heavy (non-hydrogen) atoms. The molecule has 10 heteroatoms. The minimum atomic E-state index is -0.216. The zero-order valence-corrected chi connectivity index (χ0v) is 18.4. The van der Waals surface area contributed by atoms with E-state index in [1.54, 1.807) is 0 Å². The second kappa shape index (κ2) is 9.55. The Kier molecular flexibility index (Phi) is 6.61. The molecule has 1 aliphatic heterocycles. The summed E-state index contributed by atoms with van der Waals surface area (Å²) in [6.07, 6.45) is -0.216. The van der Waals surface area contributed by atoms with Crippen molar-refractivity contribution in [3.63, 3.8) is 0 Å². The van der Waals surface area contributed by atoms with E-state index < -0.39 is 0 Å². The van der Waals surface area contributed by atoms with Crippen LogP contribution in [0, 0.1) is 6.92 Å². The van der Waals surface area contributed by atoms with Crippen molar-refractivity contribution in [1.82, 2.24) is 15.5 Å². The number of carbonyl (C=O) groups is 1. The number of hydrogen-bond donors (Lipinski definition) is 2. The van der Waals surface area contributed by atoms with Crippen LogP contribution >= 0.6 is 34.7 Å². The topological polar surface area (TPSA) is 85.4 Å². The second-order valence-electron chi connectivity index (χ2n) is 6.50. The third kappa shape index (κ3) is 5.16. The quantitative estimate of drug-likeness (QED) is 0.506. The van der Waals surface area contributed by atoms with Crippen molar-refractivity contribution in [2.75, 3.05) is 24.2 Å². The van der Waals surface area contributed by atoms with E-state index in [2.05, 4.69) is 20.8 Å². The Morgan fingerprint density at radius 3 is 2.93 bits per heavy atom. The summed E-state index contributed by atoms with van der Waals surface area (Å²) < 4.78 is 12.2. The maximum atomic E-state index is 12.2. The van der Waals surface area contributed by atoms with Crippen LogP contribution in [0.25, 0.3) is 0 Å². The van der Waals surface area contributed by atoms with Gasteiger partial charge in [0.25, 0.3) is 0 Å². The molecule has 1 aromatic heterocycles. The number of aromatic nitrogens is 2. The third-order valence-electron chi connectivity index (χ3n) is 4.34. The lowest BCUT2D eigenvalue weighted by atomic mass is 10.2. The van der Waals surface area contributed by atoms with E-state index in [0.29, 0.717) is 33.4 Å². The Bertz CT molecular complexity index is 1050. The fourth-order valence-corrected chi connectivity index (χ4v) is 4.52. The SMILES string of the molecule is Cc1c(Cl)cccc1Nc1nnc(SCC(=O)NC[C@@H]2COc3ccccc3O2)s1. The smallest absolute Gasteiger partial charge is 0.230 e. The van der Waals surface area contributed by atoms with E-state index in [1.165, 1.54) is 23.1 Å². The van der Waals surface area contributed by atoms with Crippen LogP contribution in [0.5, 0.6) is 11.5 Å². The molecule has 2 aromatic carbocycles. The van der Waals surface area contributed by atoms with E-state index in [9.17, 15) is 4.79 Å². The molecular weight excluding hydrogens is 444 g/mol. The molecule has 2 heterocycles. The number of amides is 1. The first kappa shape index (κ1) is 20.8. The predicted molar refractivity (Wildman–Crippen MR) is 119 cm³/mol. The van der Waals surface area contributed by atoms with Crippen molar-refractivity contribution in [2.24, 2.45) is 0 Å². The van der Waals surface area contributed by atoms with Crippen molar-refractivity contribution in [3.8, 4) is 11.5 Å². The van der Waals surface area contributed by atoms with Gasteiger partial charge in [-0.3, -0.25) is 4.79 Å². The van der Waals surface area contributed by atoms with Crippen LogP contribution < -0.4 is 20.1 Å². The summed E-state index contributed by atoms with van der Waals surface area (Å²) in [6, 6.07) is 13.1. The van der Waals surface area contributed by atoms with E-state index in [4.69, 9.17) is 21.1 Å². The fraction of sp³-hybridized carbons (Fsp3) is 0.250. The molecule has 0 radical (unpaired) electrons. The van der Waals surface area contributed by atoms with Gasteiger partial charge in [-0.05, 0) is 36.8 Å². The number of thioether (sulfide) groups is 1.